The summed E-state index contributed by atoms with van der Waals surface area (Å²) in [6.07, 6.45) is 13.4. The fourth-order valence-electron chi connectivity index (χ4n) is 3.12. The van der Waals surface area contributed by atoms with Gasteiger partial charge in [-0.3, -0.25) is 0 Å². The molecular formula is C16H34N2. The van der Waals surface area contributed by atoms with E-state index in [0.717, 1.165) is 12.1 Å². The van der Waals surface area contributed by atoms with Crippen LogP contribution in [0.15, 0.2) is 0 Å². The fourth-order valence-corrected chi connectivity index (χ4v) is 3.12. The summed E-state index contributed by atoms with van der Waals surface area (Å²) < 4.78 is 0. The molecule has 1 unspecified atom stereocenters. The first-order valence-electron chi connectivity index (χ1n) is 8.12. The normalized spacial score (nSPS) is 26.5. The Morgan fingerprint density at radius 2 is 1.67 bits per heavy atom. The molecule has 18 heavy (non-hydrogen) atoms. The molecule has 0 amide bonds. The van der Waals surface area contributed by atoms with Crippen molar-refractivity contribution < 1.29 is 0 Å². The van der Waals surface area contributed by atoms with E-state index in [2.05, 4.69) is 25.8 Å². The monoisotopic (exact) mass is 254 g/mol. The van der Waals surface area contributed by atoms with Gasteiger partial charge in [0.2, 0.25) is 0 Å². The molecule has 0 aromatic heterocycles. The van der Waals surface area contributed by atoms with Crippen LogP contribution in [0.1, 0.15) is 78.1 Å². The Morgan fingerprint density at radius 3 is 2.28 bits per heavy atom. The van der Waals surface area contributed by atoms with Gasteiger partial charge in [0, 0.05) is 18.1 Å². The van der Waals surface area contributed by atoms with E-state index in [4.69, 9.17) is 5.73 Å². The third-order valence-corrected chi connectivity index (χ3v) is 4.74. The zero-order valence-electron chi connectivity index (χ0n) is 12.8. The van der Waals surface area contributed by atoms with E-state index in [-0.39, 0.29) is 0 Å². The van der Waals surface area contributed by atoms with Crippen molar-refractivity contribution >= 4 is 0 Å². The Balaban J connectivity index is 2.14. The summed E-state index contributed by atoms with van der Waals surface area (Å²) in [4.78, 5) is 2.62. The van der Waals surface area contributed by atoms with Crippen molar-refractivity contribution in [2.75, 3.05) is 7.05 Å². The highest BCUT2D eigenvalue weighted by atomic mass is 15.2. The molecular weight excluding hydrogens is 220 g/mol. The Bertz CT molecular complexity index is 197. The maximum Gasteiger partial charge on any atom is 0.00961 e. The van der Waals surface area contributed by atoms with Crippen molar-refractivity contribution in [2.24, 2.45) is 5.73 Å². The Morgan fingerprint density at radius 1 is 1.06 bits per heavy atom. The largest absolute Gasteiger partial charge is 0.328 e. The summed E-state index contributed by atoms with van der Waals surface area (Å²) in [5.41, 5.74) is 5.98. The number of rotatable bonds is 8. The van der Waals surface area contributed by atoms with E-state index < -0.39 is 0 Å². The first kappa shape index (κ1) is 16.0. The molecule has 1 fully saturated rings. The molecule has 0 radical (unpaired) electrons. The standard InChI is InChI=1S/C16H34N2/c1-4-5-6-7-8-9-14(2)18(3)16-12-10-15(17)11-13-16/h14-16H,4-13,17H2,1-3H3. The molecule has 2 heteroatoms. The molecule has 0 spiro atoms. The highest BCUT2D eigenvalue weighted by Crippen LogP contribution is 2.24. The first-order valence-corrected chi connectivity index (χ1v) is 8.12. The molecule has 1 atom stereocenters. The van der Waals surface area contributed by atoms with E-state index >= 15 is 0 Å². The van der Waals surface area contributed by atoms with E-state index in [1.807, 2.05) is 0 Å². The maximum atomic E-state index is 5.98. The minimum Gasteiger partial charge on any atom is -0.328 e. The molecule has 2 N–H and O–H groups in total. The molecule has 1 aliphatic rings. The quantitative estimate of drug-likeness (QED) is 0.665. The summed E-state index contributed by atoms with van der Waals surface area (Å²) >= 11 is 0. The SMILES string of the molecule is CCCCCCCC(C)N(C)C1CCC(N)CC1. The van der Waals surface area contributed by atoms with Gasteiger partial charge in [0.25, 0.3) is 0 Å². The highest BCUT2D eigenvalue weighted by molar-refractivity contribution is 4.81. The molecule has 0 aromatic carbocycles. The van der Waals surface area contributed by atoms with Gasteiger partial charge in [-0.2, -0.15) is 0 Å². The van der Waals surface area contributed by atoms with Crippen LogP contribution in [0.2, 0.25) is 0 Å². The van der Waals surface area contributed by atoms with Gasteiger partial charge in [0.1, 0.15) is 0 Å². The Kier molecular flexibility index (Phi) is 7.92. The predicted octanol–water partition coefficient (Wildman–Crippen LogP) is 3.94. The second-order valence-electron chi connectivity index (χ2n) is 6.29. The van der Waals surface area contributed by atoms with Crippen LogP contribution >= 0.6 is 0 Å². The molecule has 0 heterocycles. The van der Waals surface area contributed by atoms with Gasteiger partial charge in [-0.25, -0.2) is 0 Å². The molecule has 108 valence electrons. The average molecular weight is 254 g/mol. The van der Waals surface area contributed by atoms with E-state index in [9.17, 15) is 0 Å². The summed E-state index contributed by atoms with van der Waals surface area (Å²) in [5.74, 6) is 0. The highest BCUT2D eigenvalue weighted by Gasteiger charge is 2.24. The number of hydrogen-bond acceptors (Lipinski definition) is 2. The van der Waals surface area contributed by atoms with E-state index in [0.29, 0.717) is 6.04 Å². The van der Waals surface area contributed by atoms with Gasteiger partial charge in [0.05, 0.1) is 0 Å². The molecule has 0 aromatic rings. The van der Waals surface area contributed by atoms with Crippen LogP contribution in [-0.4, -0.2) is 30.1 Å². The molecule has 2 nitrogen and oxygen atoms in total. The lowest BCUT2D eigenvalue weighted by molar-refractivity contribution is 0.133. The van der Waals surface area contributed by atoms with Crippen molar-refractivity contribution in [3.8, 4) is 0 Å². The lowest BCUT2D eigenvalue weighted by Gasteiger charge is -2.37. The van der Waals surface area contributed by atoms with Crippen molar-refractivity contribution in [3.63, 3.8) is 0 Å². The first-order chi connectivity index (χ1) is 8.65. The lowest BCUT2D eigenvalue weighted by atomic mass is 9.90. The number of unbranched alkanes of at least 4 members (excludes halogenated alkanes) is 4. The second kappa shape index (κ2) is 8.92. The smallest absolute Gasteiger partial charge is 0.00961 e. The molecule has 0 aliphatic heterocycles. The molecule has 1 saturated carbocycles. The fraction of sp³-hybridized carbons (Fsp3) is 1.00. The second-order valence-corrected chi connectivity index (χ2v) is 6.29. The van der Waals surface area contributed by atoms with Crippen LogP contribution in [0, 0.1) is 0 Å². The Labute approximate surface area is 114 Å². The molecule has 0 saturated heterocycles. The average Bonchev–Trinajstić information content (AvgIpc) is 2.38. The summed E-state index contributed by atoms with van der Waals surface area (Å²) in [6.45, 7) is 4.68. The summed E-state index contributed by atoms with van der Waals surface area (Å²) in [7, 11) is 2.32. The van der Waals surface area contributed by atoms with Gasteiger partial charge in [-0.1, -0.05) is 39.0 Å². The molecule has 1 rings (SSSR count). The third-order valence-electron chi connectivity index (χ3n) is 4.74. The topological polar surface area (TPSA) is 29.3 Å². The number of nitrogens with zero attached hydrogens (tertiary/aromatic N) is 1. The van der Waals surface area contributed by atoms with Gasteiger partial charge in [-0.05, 0) is 46.1 Å². The van der Waals surface area contributed by atoms with Crippen LogP contribution < -0.4 is 5.73 Å². The van der Waals surface area contributed by atoms with Crippen LogP contribution in [0.5, 0.6) is 0 Å². The maximum absolute atomic E-state index is 5.98. The zero-order chi connectivity index (χ0) is 13.4. The number of nitrogens with two attached hydrogens (primary N) is 1. The van der Waals surface area contributed by atoms with E-state index in [1.54, 1.807) is 0 Å². The number of hydrogen-bond donors (Lipinski definition) is 1. The van der Waals surface area contributed by atoms with Crippen molar-refractivity contribution in [1.82, 2.24) is 4.90 Å². The van der Waals surface area contributed by atoms with E-state index in [1.165, 1.54) is 64.2 Å². The van der Waals surface area contributed by atoms with Crippen molar-refractivity contribution in [1.29, 1.82) is 0 Å². The van der Waals surface area contributed by atoms with Crippen LogP contribution in [0.25, 0.3) is 0 Å². The molecule has 1 aliphatic carbocycles. The third kappa shape index (κ3) is 5.71. The van der Waals surface area contributed by atoms with Crippen molar-refractivity contribution in [2.45, 2.75) is 96.2 Å². The Hall–Kier alpha value is -0.0800. The van der Waals surface area contributed by atoms with Gasteiger partial charge < -0.3 is 10.6 Å². The summed E-state index contributed by atoms with van der Waals surface area (Å²) in [5, 5.41) is 0. The summed E-state index contributed by atoms with van der Waals surface area (Å²) in [6, 6.07) is 2.00. The van der Waals surface area contributed by atoms with Crippen LogP contribution in [0.3, 0.4) is 0 Å². The lowest BCUT2D eigenvalue weighted by Crippen LogP contribution is -2.42. The van der Waals surface area contributed by atoms with Crippen LogP contribution in [0.4, 0.5) is 0 Å². The minimum atomic E-state index is 0.471. The van der Waals surface area contributed by atoms with Gasteiger partial charge in [-0.15, -0.1) is 0 Å². The van der Waals surface area contributed by atoms with Crippen molar-refractivity contribution in [3.05, 3.63) is 0 Å². The van der Waals surface area contributed by atoms with Gasteiger partial charge >= 0.3 is 0 Å². The predicted molar refractivity (Wildman–Crippen MR) is 80.8 cm³/mol. The van der Waals surface area contributed by atoms with Gasteiger partial charge in [0.15, 0.2) is 0 Å². The molecule has 0 bridgehead atoms. The zero-order valence-corrected chi connectivity index (χ0v) is 12.8. The minimum absolute atomic E-state index is 0.471. The van der Waals surface area contributed by atoms with Crippen LogP contribution in [-0.2, 0) is 0 Å².